The van der Waals surface area contributed by atoms with E-state index >= 15 is 0 Å². The van der Waals surface area contributed by atoms with Gasteiger partial charge in [-0.3, -0.25) is 14.3 Å². The van der Waals surface area contributed by atoms with Crippen LogP contribution in [0.15, 0.2) is 66.0 Å². The van der Waals surface area contributed by atoms with Crippen molar-refractivity contribution in [3.05, 3.63) is 76.6 Å². The summed E-state index contributed by atoms with van der Waals surface area (Å²) in [7, 11) is 0. The summed E-state index contributed by atoms with van der Waals surface area (Å²) in [6.45, 7) is 7.40. The molecule has 1 aromatic carbocycles. The number of amides is 1. The number of nitrogens with one attached hydrogen (secondary N) is 1. The number of aromatic nitrogens is 4. The molecule has 0 aliphatic rings. The Hall–Kier alpha value is -3.78. The maximum Gasteiger partial charge on any atom is 0.407 e. The van der Waals surface area contributed by atoms with Crippen LogP contribution < -0.4 is 10.9 Å². The molecule has 1 amide bonds. The number of hydrogen-bond donors (Lipinski definition) is 1. The number of rotatable bonds is 5. The Kier molecular flexibility index (Phi) is 6.84. The summed E-state index contributed by atoms with van der Waals surface area (Å²) in [6, 6.07) is 12.3. The molecule has 0 radical (unpaired) electrons. The maximum absolute atomic E-state index is 13.6. The van der Waals surface area contributed by atoms with Gasteiger partial charge in [-0.1, -0.05) is 23.7 Å². The minimum Gasteiger partial charge on any atom is -0.444 e. The Morgan fingerprint density at radius 1 is 1.17 bits per heavy atom. The number of halogens is 1. The first-order valence-corrected chi connectivity index (χ1v) is 11.6. The zero-order valence-electron chi connectivity index (χ0n) is 19.9. The van der Waals surface area contributed by atoms with E-state index < -0.39 is 11.7 Å². The Morgan fingerprint density at radius 3 is 2.57 bits per heavy atom. The maximum atomic E-state index is 13.6. The molecular formula is C26H26ClN5O3. The van der Waals surface area contributed by atoms with Crippen molar-refractivity contribution in [3.63, 3.8) is 0 Å². The third kappa shape index (κ3) is 5.66. The second-order valence-electron chi connectivity index (χ2n) is 9.19. The van der Waals surface area contributed by atoms with Gasteiger partial charge in [-0.2, -0.15) is 0 Å². The zero-order chi connectivity index (χ0) is 25.2. The number of pyridine rings is 2. The highest BCUT2D eigenvalue weighted by Gasteiger charge is 2.19. The second kappa shape index (κ2) is 9.84. The van der Waals surface area contributed by atoms with Crippen molar-refractivity contribution in [2.45, 2.75) is 39.3 Å². The van der Waals surface area contributed by atoms with Gasteiger partial charge in [0.15, 0.2) is 0 Å². The van der Waals surface area contributed by atoms with E-state index in [1.54, 1.807) is 51.4 Å². The van der Waals surface area contributed by atoms with Crippen molar-refractivity contribution in [3.8, 4) is 22.5 Å². The van der Waals surface area contributed by atoms with Crippen molar-refractivity contribution >= 4 is 28.6 Å². The first-order chi connectivity index (χ1) is 16.6. The molecule has 1 atom stereocenters. The van der Waals surface area contributed by atoms with Crippen molar-refractivity contribution in [2.75, 3.05) is 6.54 Å². The fourth-order valence-corrected chi connectivity index (χ4v) is 3.70. The highest BCUT2D eigenvalue weighted by molar-refractivity contribution is 6.30. The summed E-state index contributed by atoms with van der Waals surface area (Å²) in [5.41, 5.74) is 2.37. The highest BCUT2D eigenvalue weighted by Crippen LogP contribution is 2.29. The van der Waals surface area contributed by atoms with Gasteiger partial charge in [0.25, 0.3) is 5.56 Å². The van der Waals surface area contributed by atoms with Gasteiger partial charge >= 0.3 is 6.09 Å². The molecule has 8 nitrogen and oxygen atoms in total. The number of hydrogen-bond acceptors (Lipinski definition) is 6. The van der Waals surface area contributed by atoms with Crippen LogP contribution in [0.3, 0.4) is 0 Å². The van der Waals surface area contributed by atoms with Crippen LogP contribution >= 0.6 is 11.6 Å². The average molecular weight is 492 g/mol. The molecule has 35 heavy (non-hydrogen) atoms. The van der Waals surface area contributed by atoms with Crippen LogP contribution in [0.2, 0.25) is 5.02 Å². The molecule has 180 valence electrons. The molecule has 0 aliphatic heterocycles. The van der Waals surface area contributed by atoms with E-state index in [4.69, 9.17) is 21.3 Å². The van der Waals surface area contributed by atoms with Gasteiger partial charge in [0, 0.05) is 35.1 Å². The van der Waals surface area contributed by atoms with E-state index in [0.717, 1.165) is 11.1 Å². The van der Waals surface area contributed by atoms with Crippen molar-refractivity contribution in [1.29, 1.82) is 0 Å². The molecule has 3 aromatic heterocycles. The molecule has 0 saturated carbocycles. The fraction of sp³-hybridized carbons (Fsp3) is 0.269. The van der Waals surface area contributed by atoms with E-state index in [0.29, 0.717) is 27.3 Å². The van der Waals surface area contributed by atoms with Crippen LogP contribution in [-0.2, 0) is 4.74 Å². The van der Waals surface area contributed by atoms with E-state index in [1.807, 2.05) is 31.2 Å². The van der Waals surface area contributed by atoms with E-state index in [9.17, 15) is 9.59 Å². The molecule has 4 rings (SSSR count). The lowest BCUT2D eigenvalue weighted by Crippen LogP contribution is -2.37. The number of fused-ring (bicyclic) bond motifs is 1. The summed E-state index contributed by atoms with van der Waals surface area (Å²) >= 11 is 6.06. The van der Waals surface area contributed by atoms with Crippen LogP contribution in [0.25, 0.3) is 33.4 Å². The summed E-state index contributed by atoms with van der Waals surface area (Å²) < 4.78 is 6.78. The number of alkyl carbamates (subject to hydrolysis) is 1. The van der Waals surface area contributed by atoms with Crippen LogP contribution in [0.5, 0.6) is 0 Å². The lowest BCUT2D eigenvalue weighted by Gasteiger charge is -2.21. The van der Waals surface area contributed by atoms with Crippen LogP contribution in [-0.4, -0.2) is 37.8 Å². The number of ether oxygens (including phenoxy) is 1. The number of nitrogens with zero attached hydrogens (tertiary/aromatic N) is 4. The van der Waals surface area contributed by atoms with E-state index in [1.165, 1.54) is 10.9 Å². The fourth-order valence-electron chi connectivity index (χ4n) is 3.57. The molecule has 0 spiro atoms. The molecule has 0 bridgehead atoms. The van der Waals surface area contributed by atoms with Gasteiger partial charge in [-0.15, -0.1) is 0 Å². The first kappa shape index (κ1) is 24.3. The Labute approximate surface area is 208 Å². The summed E-state index contributed by atoms with van der Waals surface area (Å²) in [6.07, 6.45) is 4.30. The van der Waals surface area contributed by atoms with Crippen LogP contribution in [0.1, 0.15) is 33.7 Å². The zero-order valence-corrected chi connectivity index (χ0v) is 20.7. The van der Waals surface area contributed by atoms with E-state index in [-0.39, 0.29) is 18.1 Å². The third-order valence-corrected chi connectivity index (χ3v) is 5.51. The van der Waals surface area contributed by atoms with Crippen molar-refractivity contribution < 1.29 is 9.53 Å². The minimum absolute atomic E-state index is 0.201. The molecule has 4 aromatic rings. The molecule has 0 saturated heterocycles. The highest BCUT2D eigenvalue weighted by atomic mass is 35.5. The lowest BCUT2D eigenvalue weighted by atomic mass is 10.1. The Bertz CT molecular complexity index is 1410. The predicted octanol–water partition coefficient (Wildman–Crippen LogP) is 5.26. The summed E-state index contributed by atoms with van der Waals surface area (Å²) in [4.78, 5) is 39.2. The average Bonchev–Trinajstić information content (AvgIpc) is 2.82. The smallest absolute Gasteiger partial charge is 0.407 e. The second-order valence-corrected chi connectivity index (χ2v) is 9.63. The molecule has 3 heterocycles. The van der Waals surface area contributed by atoms with Gasteiger partial charge in [0.1, 0.15) is 11.1 Å². The Balaban J connectivity index is 1.77. The van der Waals surface area contributed by atoms with Gasteiger partial charge in [0.05, 0.1) is 29.1 Å². The number of benzene rings is 1. The molecular weight excluding hydrogens is 466 g/mol. The van der Waals surface area contributed by atoms with Crippen LogP contribution in [0.4, 0.5) is 4.79 Å². The third-order valence-electron chi connectivity index (χ3n) is 5.26. The first-order valence-electron chi connectivity index (χ1n) is 11.2. The lowest BCUT2D eigenvalue weighted by molar-refractivity contribution is 0.0521. The standard InChI is InChI=1S/C26H26ClN5O3/c1-16(13-29-25(34)35-26(2,3)4)32-15-30-23-20(24(32)33)12-21(17-7-9-19(27)10-8-17)31-22(23)18-6-5-11-28-14-18/h5-12,14-16H,13H2,1-4H3,(H,29,34). The van der Waals surface area contributed by atoms with Gasteiger partial charge < -0.3 is 10.1 Å². The monoisotopic (exact) mass is 491 g/mol. The normalized spacial score (nSPS) is 12.4. The summed E-state index contributed by atoms with van der Waals surface area (Å²) in [5.74, 6) is 0. The van der Waals surface area contributed by atoms with Crippen molar-refractivity contribution in [2.24, 2.45) is 0 Å². The van der Waals surface area contributed by atoms with Gasteiger partial charge in [-0.05, 0) is 58.0 Å². The molecule has 1 N–H and O–H groups in total. The Morgan fingerprint density at radius 2 is 1.91 bits per heavy atom. The molecule has 0 fully saturated rings. The SMILES string of the molecule is CC(CNC(=O)OC(C)(C)C)n1cnc2c(-c3cccnc3)nc(-c3ccc(Cl)cc3)cc2c1=O. The number of carbonyl (C=O) groups is 1. The van der Waals surface area contributed by atoms with Crippen LogP contribution in [0, 0.1) is 0 Å². The summed E-state index contributed by atoms with van der Waals surface area (Å²) in [5, 5.41) is 3.73. The van der Waals surface area contributed by atoms with E-state index in [2.05, 4.69) is 15.3 Å². The topological polar surface area (TPSA) is 99.0 Å². The molecule has 0 aliphatic carbocycles. The quantitative estimate of drug-likeness (QED) is 0.409. The van der Waals surface area contributed by atoms with Gasteiger partial charge in [-0.25, -0.2) is 14.8 Å². The largest absolute Gasteiger partial charge is 0.444 e. The molecule has 9 heteroatoms. The minimum atomic E-state index is -0.609. The van der Waals surface area contributed by atoms with Gasteiger partial charge in [0.2, 0.25) is 0 Å². The molecule has 1 unspecified atom stereocenters. The number of carbonyl (C=O) groups excluding carboxylic acids is 1. The predicted molar refractivity (Wildman–Crippen MR) is 136 cm³/mol. The van der Waals surface area contributed by atoms with Crippen molar-refractivity contribution in [1.82, 2.24) is 24.8 Å².